The molecule has 164 valence electrons. The number of rotatable bonds is 10. The number of benzene rings is 1. The van der Waals surface area contributed by atoms with Crippen molar-refractivity contribution < 1.29 is 14.6 Å². The Morgan fingerprint density at radius 2 is 1.45 bits per heavy atom. The summed E-state index contributed by atoms with van der Waals surface area (Å²) in [4.78, 5) is 12.3. The average molecular weight is 403 g/mol. The van der Waals surface area contributed by atoms with Crippen LogP contribution >= 0.6 is 0 Å². The van der Waals surface area contributed by atoms with Crippen LogP contribution in [-0.2, 0) is 26.8 Å². The normalized spacial score (nSPS) is 12.1. The zero-order valence-corrected chi connectivity index (χ0v) is 19.8. The van der Waals surface area contributed by atoms with Crippen LogP contribution in [0.25, 0.3) is 0 Å². The molecule has 0 saturated heterocycles. The minimum atomic E-state index is -0.230. The van der Waals surface area contributed by atoms with Crippen LogP contribution in [0, 0.1) is 0 Å². The van der Waals surface area contributed by atoms with Gasteiger partial charge in [-0.1, -0.05) is 92.9 Å². The summed E-state index contributed by atoms with van der Waals surface area (Å²) in [6.45, 7) is 18.7. The number of carbonyl (C=O) groups excluding carboxylic acids is 1. The number of hydrogen-bond donors (Lipinski definition) is 1. The molecule has 0 aliphatic carbocycles. The third kappa shape index (κ3) is 8.64. The van der Waals surface area contributed by atoms with E-state index in [1.54, 1.807) is 0 Å². The lowest BCUT2D eigenvalue weighted by Gasteiger charge is -2.28. The van der Waals surface area contributed by atoms with E-state index < -0.39 is 0 Å². The van der Waals surface area contributed by atoms with Crippen LogP contribution in [0.15, 0.2) is 24.5 Å². The van der Waals surface area contributed by atoms with Crippen molar-refractivity contribution in [3.05, 3.63) is 41.2 Å². The molecule has 1 aromatic rings. The van der Waals surface area contributed by atoms with Gasteiger partial charge in [0.2, 0.25) is 0 Å². The van der Waals surface area contributed by atoms with Crippen LogP contribution in [0.3, 0.4) is 0 Å². The molecule has 0 unspecified atom stereocenters. The summed E-state index contributed by atoms with van der Waals surface area (Å²) in [5.74, 6) is 0.710. The first kappa shape index (κ1) is 25.3. The summed E-state index contributed by atoms with van der Waals surface area (Å²) in [6.07, 6.45) is 7.54. The second kappa shape index (κ2) is 10.8. The first-order valence-electron chi connectivity index (χ1n) is 11.1. The smallest absolute Gasteiger partial charge is 0.311 e. The Morgan fingerprint density at radius 3 is 1.93 bits per heavy atom. The van der Waals surface area contributed by atoms with Gasteiger partial charge < -0.3 is 9.84 Å². The molecule has 0 spiro atoms. The fourth-order valence-electron chi connectivity index (χ4n) is 3.42. The number of ether oxygens (including phenoxy) is 1. The van der Waals surface area contributed by atoms with Gasteiger partial charge in [0.15, 0.2) is 0 Å². The zero-order valence-electron chi connectivity index (χ0n) is 19.8. The Hall–Kier alpha value is -1.77. The molecule has 1 rings (SSSR count). The number of carbonyl (C=O) groups is 1. The van der Waals surface area contributed by atoms with Gasteiger partial charge in [-0.2, -0.15) is 0 Å². The van der Waals surface area contributed by atoms with Gasteiger partial charge in [-0.05, 0) is 40.4 Å². The molecule has 0 amide bonds. The Bertz CT molecular complexity index is 652. The van der Waals surface area contributed by atoms with Crippen molar-refractivity contribution in [2.75, 3.05) is 0 Å². The molecular weight excluding hydrogens is 360 g/mol. The SMILES string of the molecule is C=C(CCCCCCC)OC(=O)CCc1cc(C(C)(C)C)c(O)c(C(C)(C)C)c1. The van der Waals surface area contributed by atoms with Crippen LogP contribution in [0.4, 0.5) is 0 Å². The maximum atomic E-state index is 12.3. The quantitative estimate of drug-likeness (QED) is 0.253. The van der Waals surface area contributed by atoms with Crippen molar-refractivity contribution in [3.8, 4) is 5.75 Å². The lowest BCUT2D eigenvalue weighted by atomic mass is 9.78. The van der Waals surface area contributed by atoms with Crippen LogP contribution in [0.1, 0.15) is 110 Å². The summed E-state index contributed by atoms with van der Waals surface area (Å²) in [5, 5.41) is 10.8. The van der Waals surface area contributed by atoms with E-state index in [1.807, 2.05) is 12.1 Å². The standard InChI is InChI=1S/C26H42O3/c1-9-10-11-12-13-14-19(2)29-23(27)16-15-20-17-21(25(3,4)5)24(28)22(18-20)26(6,7)8/h17-18,28H,2,9-16H2,1,3-8H3. The molecule has 3 nitrogen and oxygen atoms in total. The summed E-state index contributed by atoms with van der Waals surface area (Å²) < 4.78 is 5.41. The Balaban J connectivity index is 2.73. The first-order valence-corrected chi connectivity index (χ1v) is 11.1. The van der Waals surface area contributed by atoms with Crippen molar-refractivity contribution in [3.63, 3.8) is 0 Å². The first-order chi connectivity index (χ1) is 13.4. The summed E-state index contributed by atoms with van der Waals surface area (Å²) >= 11 is 0. The highest BCUT2D eigenvalue weighted by atomic mass is 16.5. The van der Waals surface area contributed by atoms with Gasteiger partial charge in [-0.3, -0.25) is 4.79 Å². The van der Waals surface area contributed by atoms with Crippen molar-refractivity contribution in [1.29, 1.82) is 0 Å². The van der Waals surface area contributed by atoms with Gasteiger partial charge in [0.25, 0.3) is 0 Å². The summed E-state index contributed by atoms with van der Waals surface area (Å²) in [7, 11) is 0. The molecule has 1 aromatic carbocycles. The van der Waals surface area contributed by atoms with E-state index in [0.29, 0.717) is 24.4 Å². The maximum Gasteiger partial charge on any atom is 0.311 e. The number of phenolic OH excluding ortho intramolecular Hbond substituents is 1. The lowest BCUT2D eigenvalue weighted by molar-refractivity contribution is -0.139. The number of aryl methyl sites for hydroxylation is 1. The molecule has 1 N–H and O–H groups in total. The molecule has 0 bridgehead atoms. The van der Waals surface area contributed by atoms with Crippen LogP contribution in [0.5, 0.6) is 5.75 Å². The number of phenols is 1. The Labute approximate surface area is 178 Å². The van der Waals surface area contributed by atoms with Crippen LogP contribution < -0.4 is 0 Å². The van der Waals surface area contributed by atoms with Gasteiger partial charge in [0.05, 0.1) is 0 Å². The van der Waals surface area contributed by atoms with E-state index in [4.69, 9.17) is 4.74 Å². The average Bonchev–Trinajstić information content (AvgIpc) is 2.58. The number of allylic oxidation sites excluding steroid dienone is 1. The van der Waals surface area contributed by atoms with Gasteiger partial charge in [0, 0.05) is 12.8 Å². The van der Waals surface area contributed by atoms with Crippen molar-refractivity contribution in [2.24, 2.45) is 0 Å². The Kier molecular flexibility index (Phi) is 9.45. The van der Waals surface area contributed by atoms with Gasteiger partial charge in [0.1, 0.15) is 11.5 Å². The predicted octanol–water partition coefficient (Wildman–Crippen LogP) is 7.34. The number of unbranched alkanes of at least 4 members (excludes halogenated alkanes) is 4. The van der Waals surface area contributed by atoms with Crippen molar-refractivity contribution >= 4 is 5.97 Å². The molecule has 29 heavy (non-hydrogen) atoms. The van der Waals surface area contributed by atoms with E-state index in [0.717, 1.165) is 36.0 Å². The van der Waals surface area contributed by atoms with Crippen molar-refractivity contribution in [2.45, 2.75) is 111 Å². The number of hydrogen-bond acceptors (Lipinski definition) is 3. The van der Waals surface area contributed by atoms with E-state index in [2.05, 4.69) is 55.0 Å². The third-order valence-electron chi connectivity index (χ3n) is 5.22. The van der Waals surface area contributed by atoms with E-state index in [9.17, 15) is 9.90 Å². The molecule has 3 heteroatoms. The largest absolute Gasteiger partial charge is 0.507 e. The number of esters is 1. The highest BCUT2D eigenvalue weighted by molar-refractivity contribution is 5.71. The molecule has 0 fully saturated rings. The van der Waals surface area contributed by atoms with E-state index >= 15 is 0 Å². The molecule has 0 aromatic heterocycles. The number of aromatic hydroxyl groups is 1. The lowest BCUT2D eigenvalue weighted by Crippen LogP contribution is -2.18. The van der Waals surface area contributed by atoms with Gasteiger partial charge in [-0.25, -0.2) is 0 Å². The van der Waals surface area contributed by atoms with Gasteiger partial charge >= 0.3 is 5.97 Å². The molecule has 0 radical (unpaired) electrons. The summed E-state index contributed by atoms with van der Waals surface area (Å²) in [6, 6.07) is 4.06. The fraction of sp³-hybridized carbons (Fsp3) is 0.654. The van der Waals surface area contributed by atoms with Crippen molar-refractivity contribution in [1.82, 2.24) is 0 Å². The van der Waals surface area contributed by atoms with Crippen LogP contribution in [0.2, 0.25) is 0 Å². The Morgan fingerprint density at radius 1 is 0.931 bits per heavy atom. The second-order valence-electron chi connectivity index (χ2n) is 10.2. The minimum Gasteiger partial charge on any atom is -0.507 e. The fourth-order valence-corrected chi connectivity index (χ4v) is 3.42. The summed E-state index contributed by atoms with van der Waals surface area (Å²) in [5.41, 5.74) is 2.55. The van der Waals surface area contributed by atoms with Crippen LogP contribution in [-0.4, -0.2) is 11.1 Å². The zero-order chi connectivity index (χ0) is 22.2. The maximum absolute atomic E-state index is 12.3. The van der Waals surface area contributed by atoms with Gasteiger partial charge in [-0.15, -0.1) is 0 Å². The third-order valence-corrected chi connectivity index (χ3v) is 5.22. The minimum absolute atomic E-state index is 0.174. The molecule has 0 atom stereocenters. The second-order valence-corrected chi connectivity index (χ2v) is 10.2. The molecule has 0 aliphatic rings. The molecule has 0 aliphatic heterocycles. The monoisotopic (exact) mass is 402 g/mol. The molecular formula is C26H42O3. The van der Waals surface area contributed by atoms with E-state index in [-0.39, 0.29) is 16.8 Å². The van der Waals surface area contributed by atoms with E-state index in [1.165, 1.54) is 19.3 Å². The topological polar surface area (TPSA) is 46.5 Å². The molecule has 0 heterocycles. The highest BCUT2D eigenvalue weighted by Crippen LogP contribution is 2.40. The molecule has 0 saturated carbocycles. The highest BCUT2D eigenvalue weighted by Gasteiger charge is 2.26. The predicted molar refractivity (Wildman–Crippen MR) is 122 cm³/mol.